The van der Waals surface area contributed by atoms with E-state index in [9.17, 15) is 0 Å². The number of alkyl halides is 1. The fourth-order valence-electron chi connectivity index (χ4n) is 2.78. The number of benzene rings is 1. The lowest BCUT2D eigenvalue weighted by Crippen LogP contribution is -2.34. The van der Waals surface area contributed by atoms with E-state index in [-0.39, 0.29) is 0 Å². The highest BCUT2D eigenvalue weighted by molar-refractivity contribution is 6.21. The third kappa shape index (κ3) is 3.07. The van der Waals surface area contributed by atoms with E-state index in [1.807, 2.05) is 6.07 Å². The quantitative estimate of drug-likeness (QED) is 0.791. The first-order valence-electron chi connectivity index (χ1n) is 6.88. The summed E-state index contributed by atoms with van der Waals surface area (Å²) >= 11 is 6.02. The number of hydrogen-bond donors (Lipinski definition) is 0. The molecule has 3 heteroatoms. The number of fused-ring (bicyclic) bond motifs is 1. The summed E-state index contributed by atoms with van der Waals surface area (Å²) in [5.74, 6) is 0.771. The maximum Gasteiger partial charge on any atom is 0.0705 e. The van der Waals surface area contributed by atoms with Gasteiger partial charge in [-0.05, 0) is 37.9 Å². The molecule has 0 N–H and O–H groups in total. The molecule has 3 rings (SSSR count). The summed E-state index contributed by atoms with van der Waals surface area (Å²) in [7, 11) is 2.17. The Morgan fingerprint density at radius 3 is 2.79 bits per heavy atom. The van der Waals surface area contributed by atoms with Crippen molar-refractivity contribution in [3.63, 3.8) is 0 Å². The van der Waals surface area contributed by atoms with Crippen molar-refractivity contribution in [1.29, 1.82) is 0 Å². The van der Waals surface area contributed by atoms with Gasteiger partial charge < -0.3 is 4.90 Å². The van der Waals surface area contributed by atoms with E-state index >= 15 is 0 Å². The minimum absolute atomic E-state index is 0.414. The van der Waals surface area contributed by atoms with Gasteiger partial charge in [0.1, 0.15) is 0 Å². The maximum atomic E-state index is 6.02. The van der Waals surface area contributed by atoms with E-state index in [4.69, 9.17) is 16.6 Å². The Kier molecular flexibility index (Phi) is 3.72. The second-order valence-corrected chi connectivity index (χ2v) is 6.24. The summed E-state index contributed by atoms with van der Waals surface area (Å²) in [6.07, 6.45) is 2.33. The van der Waals surface area contributed by atoms with Crippen molar-refractivity contribution in [3.05, 3.63) is 42.1 Å². The largest absolute Gasteiger partial charge is 0.300 e. The van der Waals surface area contributed by atoms with Crippen molar-refractivity contribution in [1.82, 2.24) is 9.88 Å². The monoisotopic (exact) mass is 274 g/mol. The lowest BCUT2D eigenvalue weighted by Gasteiger charge is -2.34. The number of rotatable bonds is 4. The summed E-state index contributed by atoms with van der Waals surface area (Å²) in [5, 5.41) is 1.62. The molecule has 1 aromatic carbocycles. The number of para-hydroxylation sites is 1. The van der Waals surface area contributed by atoms with E-state index in [0.29, 0.717) is 5.38 Å². The topological polar surface area (TPSA) is 16.1 Å². The second-order valence-electron chi connectivity index (χ2n) is 5.63. The molecule has 1 saturated carbocycles. The first-order chi connectivity index (χ1) is 9.20. The molecule has 1 heterocycles. The predicted octanol–water partition coefficient (Wildman–Crippen LogP) is 3.68. The Morgan fingerprint density at radius 2 is 2.00 bits per heavy atom. The number of pyridine rings is 1. The van der Waals surface area contributed by atoms with E-state index in [1.54, 1.807) is 0 Å². The second kappa shape index (κ2) is 5.48. The smallest absolute Gasteiger partial charge is 0.0705 e. The molecule has 1 aliphatic carbocycles. The predicted molar refractivity (Wildman–Crippen MR) is 80.4 cm³/mol. The van der Waals surface area contributed by atoms with Gasteiger partial charge >= 0.3 is 0 Å². The van der Waals surface area contributed by atoms with Crippen molar-refractivity contribution in [2.45, 2.75) is 24.8 Å². The van der Waals surface area contributed by atoms with E-state index in [0.717, 1.165) is 43.1 Å². The molecule has 0 spiro atoms. The number of hydrogen-bond acceptors (Lipinski definition) is 2. The van der Waals surface area contributed by atoms with E-state index in [1.165, 1.54) is 5.39 Å². The average Bonchev–Trinajstić information content (AvgIpc) is 2.37. The zero-order valence-electron chi connectivity index (χ0n) is 11.2. The van der Waals surface area contributed by atoms with Crippen LogP contribution in [0.15, 0.2) is 36.4 Å². The van der Waals surface area contributed by atoms with Gasteiger partial charge in [0.2, 0.25) is 0 Å². The van der Waals surface area contributed by atoms with Crippen LogP contribution in [0.1, 0.15) is 18.5 Å². The van der Waals surface area contributed by atoms with Crippen LogP contribution in [0.2, 0.25) is 0 Å². The van der Waals surface area contributed by atoms with Gasteiger partial charge in [-0.15, -0.1) is 11.6 Å². The SMILES string of the molecule is CN(Cc1ccc2ccccc2n1)CC1CC(Cl)C1. The third-order valence-corrected chi connectivity index (χ3v) is 4.19. The molecule has 0 aliphatic heterocycles. The van der Waals surface area contributed by atoms with Crippen LogP contribution < -0.4 is 0 Å². The first kappa shape index (κ1) is 12.9. The highest BCUT2D eigenvalue weighted by atomic mass is 35.5. The lowest BCUT2D eigenvalue weighted by atomic mass is 9.84. The van der Waals surface area contributed by atoms with Gasteiger partial charge in [-0.2, -0.15) is 0 Å². The van der Waals surface area contributed by atoms with Gasteiger partial charge in [0, 0.05) is 23.9 Å². The van der Waals surface area contributed by atoms with Crippen molar-refractivity contribution in [2.24, 2.45) is 5.92 Å². The molecule has 1 aromatic heterocycles. The standard InChI is InChI=1S/C16H19ClN2/c1-19(10-12-8-14(17)9-12)11-15-7-6-13-4-2-3-5-16(13)18-15/h2-7,12,14H,8-11H2,1H3. The Labute approximate surface area is 119 Å². The zero-order chi connectivity index (χ0) is 13.2. The molecule has 2 aromatic rings. The van der Waals surface area contributed by atoms with Gasteiger partial charge in [0.25, 0.3) is 0 Å². The average molecular weight is 275 g/mol. The molecule has 0 radical (unpaired) electrons. The van der Waals surface area contributed by atoms with Crippen LogP contribution in [-0.4, -0.2) is 28.9 Å². The number of aromatic nitrogens is 1. The Balaban J connectivity index is 1.64. The molecular formula is C16H19ClN2. The van der Waals surface area contributed by atoms with Crippen LogP contribution in [0, 0.1) is 5.92 Å². The van der Waals surface area contributed by atoms with Crippen LogP contribution in [0.3, 0.4) is 0 Å². The van der Waals surface area contributed by atoms with Gasteiger partial charge in [0.05, 0.1) is 11.2 Å². The highest BCUT2D eigenvalue weighted by Gasteiger charge is 2.27. The van der Waals surface area contributed by atoms with Crippen LogP contribution in [-0.2, 0) is 6.54 Å². The minimum Gasteiger partial charge on any atom is -0.300 e. The molecular weight excluding hydrogens is 256 g/mol. The van der Waals surface area contributed by atoms with Crippen LogP contribution >= 0.6 is 11.6 Å². The Hall–Kier alpha value is -1.12. The minimum atomic E-state index is 0.414. The molecule has 19 heavy (non-hydrogen) atoms. The molecule has 0 saturated heterocycles. The number of halogens is 1. The Bertz CT molecular complexity index is 563. The molecule has 0 unspecified atom stereocenters. The van der Waals surface area contributed by atoms with Crippen molar-refractivity contribution >= 4 is 22.5 Å². The maximum absolute atomic E-state index is 6.02. The summed E-state index contributed by atoms with van der Waals surface area (Å²) in [5.41, 5.74) is 2.22. The Morgan fingerprint density at radius 1 is 1.21 bits per heavy atom. The molecule has 0 amide bonds. The fraction of sp³-hybridized carbons (Fsp3) is 0.438. The van der Waals surface area contributed by atoms with Gasteiger partial charge in [-0.3, -0.25) is 4.98 Å². The molecule has 1 fully saturated rings. The molecule has 0 bridgehead atoms. The van der Waals surface area contributed by atoms with E-state index in [2.05, 4.69) is 42.3 Å². The molecule has 2 nitrogen and oxygen atoms in total. The highest BCUT2D eigenvalue weighted by Crippen LogP contribution is 2.32. The normalized spacial score (nSPS) is 22.7. The van der Waals surface area contributed by atoms with Crippen molar-refractivity contribution in [2.75, 3.05) is 13.6 Å². The molecule has 0 atom stereocenters. The summed E-state index contributed by atoms with van der Waals surface area (Å²) in [4.78, 5) is 7.07. The number of nitrogens with zero attached hydrogens (tertiary/aromatic N) is 2. The molecule has 100 valence electrons. The van der Waals surface area contributed by atoms with Gasteiger partial charge in [-0.1, -0.05) is 24.3 Å². The molecule has 1 aliphatic rings. The van der Waals surface area contributed by atoms with Crippen LogP contribution in [0.5, 0.6) is 0 Å². The summed E-state index contributed by atoms with van der Waals surface area (Å²) in [6.45, 7) is 2.03. The van der Waals surface area contributed by atoms with Crippen molar-refractivity contribution < 1.29 is 0 Å². The lowest BCUT2D eigenvalue weighted by molar-refractivity contribution is 0.203. The summed E-state index contributed by atoms with van der Waals surface area (Å²) in [6, 6.07) is 12.5. The first-order valence-corrected chi connectivity index (χ1v) is 7.31. The zero-order valence-corrected chi connectivity index (χ0v) is 12.0. The van der Waals surface area contributed by atoms with E-state index < -0.39 is 0 Å². The fourth-order valence-corrected chi connectivity index (χ4v) is 3.29. The summed E-state index contributed by atoms with van der Waals surface area (Å²) < 4.78 is 0. The van der Waals surface area contributed by atoms with Gasteiger partial charge in [0.15, 0.2) is 0 Å². The van der Waals surface area contributed by atoms with Crippen LogP contribution in [0.4, 0.5) is 0 Å². The third-order valence-electron chi connectivity index (χ3n) is 3.84. The van der Waals surface area contributed by atoms with Crippen LogP contribution in [0.25, 0.3) is 10.9 Å². The van der Waals surface area contributed by atoms with Crippen molar-refractivity contribution in [3.8, 4) is 0 Å². The van der Waals surface area contributed by atoms with Gasteiger partial charge in [-0.25, -0.2) is 0 Å².